The zero-order valence-electron chi connectivity index (χ0n) is 11.5. The van der Waals surface area contributed by atoms with Gasteiger partial charge in [0.1, 0.15) is 5.75 Å². The van der Waals surface area contributed by atoms with E-state index >= 15 is 0 Å². The highest BCUT2D eigenvalue weighted by Gasteiger charge is 2.30. The molecular formula is C17H18BrNO. The molecule has 3 heteroatoms. The van der Waals surface area contributed by atoms with Gasteiger partial charge in [0.25, 0.3) is 0 Å². The molecule has 1 aliphatic rings. The minimum absolute atomic E-state index is 0.542. The van der Waals surface area contributed by atoms with Gasteiger partial charge in [-0.15, -0.1) is 0 Å². The van der Waals surface area contributed by atoms with E-state index in [-0.39, 0.29) is 0 Å². The monoisotopic (exact) mass is 331 g/mol. The number of ether oxygens (including phenoxy) is 1. The van der Waals surface area contributed by atoms with Gasteiger partial charge in [-0.05, 0) is 48.6 Å². The van der Waals surface area contributed by atoms with Gasteiger partial charge in [-0.25, -0.2) is 0 Å². The third-order valence-electron chi connectivity index (χ3n) is 3.95. The van der Waals surface area contributed by atoms with E-state index in [9.17, 15) is 0 Å². The molecule has 0 atom stereocenters. The van der Waals surface area contributed by atoms with Gasteiger partial charge in [0.2, 0.25) is 0 Å². The smallest absolute Gasteiger partial charge is 0.141 e. The lowest BCUT2D eigenvalue weighted by Gasteiger charge is -2.37. The van der Waals surface area contributed by atoms with Crippen LogP contribution in [0.25, 0.3) is 0 Å². The molecule has 1 N–H and O–H groups in total. The second-order valence-corrected chi connectivity index (χ2v) is 6.18. The van der Waals surface area contributed by atoms with Gasteiger partial charge in [0.05, 0.1) is 12.8 Å². The summed E-state index contributed by atoms with van der Waals surface area (Å²) in [5.74, 6) is 1.59. The van der Waals surface area contributed by atoms with Crippen molar-refractivity contribution in [2.75, 3.05) is 12.4 Å². The van der Waals surface area contributed by atoms with Crippen molar-refractivity contribution >= 4 is 21.6 Å². The van der Waals surface area contributed by atoms with Crippen molar-refractivity contribution in [1.29, 1.82) is 0 Å². The Labute approximate surface area is 128 Å². The molecule has 1 fully saturated rings. The second kappa shape index (κ2) is 5.88. The number of methoxy groups -OCH3 is 1. The predicted molar refractivity (Wildman–Crippen MR) is 86.5 cm³/mol. The van der Waals surface area contributed by atoms with Gasteiger partial charge in [0, 0.05) is 10.5 Å². The van der Waals surface area contributed by atoms with Crippen LogP contribution in [0, 0.1) is 0 Å². The van der Waals surface area contributed by atoms with Crippen LogP contribution in [0.5, 0.6) is 5.75 Å². The fourth-order valence-electron chi connectivity index (χ4n) is 2.73. The standard InChI is InChI=1S/C17H18BrNO/c1-20-17-5-3-2-4-16(17)19-15-10-13(11-15)12-6-8-14(18)9-7-12/h2-9,13,15,19H,10-11H2,1H3. The summed E-state index contributed by atoms with van der Waals surface area (Å²) in [5.41, 5.74) is 2.53. The average Bonchev–Trinajstić information content (AvgIpc) is 2.44. The maximum Gasteiger partial charge on any atom is 0.141 e. The van der Waals surface area contributed by atoms with Crippen molar-refractivity contribution in [2.45, 2.75) is 24.8 Å². The first-order chi connectivity index (χ1) is 9.76. The van der Waals surface area contributed by atoms with Gasteiger partial charge in [-0.3, -0.25) is 0 Å². The highest BCUT2D eigenvalue weighted by atomic mass is 79.9. The summed E-state index contributed by atoms with van der Waals surface area (Å²) in [4.78, 5) is 0. The van der Waals surface area contributed by atoms with Crippen LogP contribution in [0.15, 0.2) is 53.0 Å². The largest absolute Gasteiger partial charge is 0.495 e. The first-order valence-corrected chi connectivity index (χ1v) is 7.70. The van der Waals surface area contributed by atoms with Crippen molar-refractivity contribution in [3.05, 3.63) is 58.6 Å². The Balaban J connectivity index is 1.59. The predicted octanol–water partition coefficient (Wildman–Crippen LogP) is 4.82. The molecule has 2 aromatic carbocycles. The number of halogens is 1. The minimum Gasteiger partial charge on any atom is -0.495 e. The molecule has 2 aromatic rings. The molecule has 0 spiro atoms. The van der Waals surface area contributed by atoms with Crippen LogP contribution in [-0.2, 0) is 0 Å². The van der Waals surface area contributed by atoms with E-state index < -0.39 is 0 Å². The van der Waals surface area contributed by atoms with Crippen molar-refractivity contribution in [3.8, 4) is 5.75 Å². The number of hydrogen-bond donors (Lipinski definition) is 1. The molecule has 3 rings (SSSR count). The summed E-state index contributed by atoms with van der Waals surface area (Å²) in [6, 6.07) is 17.3. The molecule has 0 heterocycles. The molecule has 0 unspecified atom stereocenters. The first-order valence-electron chi connectivity index (χ1n) is 6.91. The Bertz CT molecular complexity index is 576. The van der Waals surface area contributed by atoms with Crippen molar-refractivity contribution in [2.24, 2.45) is 0 Å². The zero-order chi connectivity index (χ0) is 13.9. The van der Waals surface area contributed by atoms with E-state index in [1.165, 1.54) is 18.4 Å². The second-order valence-electron chi connectivity index (χ2n) is 5.26. The maximum absolute atomic E-state index is 5.37. The van der Waals surface area contributed by atoms with Gasteiger partial charge >= 0.3 is 0 Å². The number of rotatable bonds is 4. The van der Waals surface area contributed by atoms with Gasteiger partial charge in [-0.1, -0.05) is 40.2 Å². The van der Waals surface area contributed by atoms with E-state index in [0.717, 1.165) is 15.9 Å². The summed E-state index contributed by atoms with van der Waals surface area (Å²) in [7, 11) is 1.71. The molecule has 104 valence electrons. The molecule has 2 nitrogen and oxygen atoms in total. The third kappa shape index (κ3) is 2.83. The number of para-hydroxylation sites is 2. The van der Waals surface area contributed by atoms with E-state index in [0.29, 0.717) is 12.0 Å². The van der Waals surface area contributed by atoms with Crippen molar-refractivity contribution in [1.82, 2.24) is 0 Å². The fourth-order valence-corrected chi connectivity index (χ4v) is 2.99. The van der Waals surface area contributed by atoms with Gasteiger partial charge in [0.15, 0.2) is 0 Å². The average molecular weight is 332 g/mol. The summed E-state index contributed by atoms with van der Waals surface area (Å²) in [5, 5.41) is 3.57. The quantitative estimate of drug-likeness (QED) is 0.867. The number of benzene rings is 2. The number of hydrogen-bond acceptors (Lipinski definition) is 2. The fraction of sp³-hybridized carbons (Fsp3) is 0.294. The molecule has 20 heavy (non-hydrogen) atoms. The molecule has 1 aliphatic carbocycles. The SMILES string of the molecule is COc1ccccc1NC1CC(c2ccc(Br)cc2)C1. The molecule has 0 radical (unpaired) electrons. The molecule has 0 aromatic heterocycles. The van der Waals surface area contributed by atoms with E-state index in [1.807, 2.05) is 18.2 Å². The highest BCUT2D eigenvalue weighted by Crippen LogP contribution is 2.39. The van der Waals surface area contributed by atoms with Crippen LogP contribution in [0.1, 0.15) is 24.3 Å². The molecule has 0 amide bonds. The Morgan fingerprint density at radius 2 is 1.75 bits per heavy atom. The molecule has 1 saturated carbocycles. The zero-order valence-corrected chi connectivity index (χ0v) is 13.1. The molecule has 0 aliphatic heterocycles. The Kier molecular flexibility index (Phi) is 3.97. The molecular weight excluding hydrogens is 314 g/mol. The third-order valence-corrected chi connectivity index (χ3v) is 4.47. The number of anilines is 1. The van der Waals surface area contributed by atoms with Crippen LogP contribution in [-0.4, -0.2) is 13.2 Å². The summed E-state index contributed by atoms with van der Waals surface area (Å²) in [6.07, 6.45) is 2.36. The lowest BCUT2D eigenvalue weighted by Crippen LogP contribution is -2.34. The maximum atomic E-state index is 5.37. The lowest BCUT2D eigenvalue weighted by atomic mass is 9.76. The van der Waals surface area contributed by atoms with Crippen molar-refractivity contribution < 1.29 is 4.74 Å². The van der Waals surface area contributed by atoms with E-state index in [2.05, 4.69) is 51.6 Å². The van der Waals surface area contributed by atoms with Crippen LogP contribution < -0.4 is 10.1 Å². The van der Waals surface area contributed by atoms with Crippen molar-refractivity contribution in [3.63, 3.8) is 0 Å². The van der Waals surface area contributed by atoms with Crippen LogP contribution >= 0.6 is 15.9 Å². The number of nitrogens with one attached hydrogen (secondary N) is 1. The van der Waals surface area contributed by atoms with Gasteiger partial charge in [-0.2, -0.15) is 0 Å². The molecule has 0 bridgehead atoms. The summed E-state index contributed by atoms with van der Waals surface area (Å²) < 4.78 is 6.51. The van der Waals surface area contributed by atoms with Crippen LogP contribution in [0.4, 0.5) is 5.69 Å². The Hall–Kier alpha value is -1.48. The minimum atomic E-state index is 0.542. The normalized spacial score (nSPS) is 21.1. The molecule has 0 saturated heterocycles. The van der Waals surface area contributed by atoms with E-state index in [4.69, 9.17) is 4.74 Å². The topological polar surface area (TPSA) is 21.3 Å². The van der Waals surface area contributed by atoms with E-state index in [1.54, 1.807) is 7.11 Å². The van der Waals surface area contributed by atoms with Gasteiger partial charge < -0.3 is 10.1 Å². The highest BCUT2D eigenvalue weighted by molar-refractivity contribution is 9.10. The summed E-state index contributed by atoms with van der Waals surface area (Å²) >= 11 is 3.48. The summed E-state index contributed by atoms with van der Waals surface area (Å²) in [6.45, 7) is 0. The van der Waals surface area contributed by atoms with Crippen LogP contribution in [0.2, 0.25) is 0 Å². The first kappa shape index (κ1) is 13.5. The Morgan fingerprint density at radius 3 is 2.45 bits per heavy atom. The Morgan fingerprint density at radius 1 is 1.05 bits per heavy atom. The van der Waals surface area contributed by atoms with Crippen LogP contribution in [0.3, 0.4) is 0 Å². The lowest BCUT2D eigenvalue weighted by molar-refractivity contribution is 0.370.